The molecular formula is C24H18N4O4. The van der Waals surface area contributed by atoms with Gasteiger partial charge in [-0.3, -0.25) is 0 Å². The van der Waals surface area contributed by atoms with Gasteiger partial charge in [-0.25, -0.2) is 4.79 Å². The number of para-hydroxylation sites is 1. The van der Waals surface area contributed by atoms with E-state index in [1.807, 2.05) is 48.5 Å². The monoisotopic (exact) mass is 426 g/mol. The van der Waals surface area contributed by atoms with Crippen LogP contribution < -0.4 is 14.3 Å². The number of rotatable bonds is 4. The molecule has 1 aliphatic heterocycles. The van der Waals surface area contributed by atoms with Crippen LogP contribution in [-0.2, 0) is 6.54 Å². The van der Waals surface area contributed by atoms with E-state index in [2.05, 4.69) is 28.0 Å². The number of hydrogen-bond donors (Lipinski definition) is 0. The number of hydrogen-bond acceptors (Lipinski definition) is 6. The van der Waals surface area contributed by atoms with Crippen LogP contribution in [0.1, 0.15) is 21.5 Å². The minimum atomic E-state index is -0.504. The maximum absolute atomic E-state index is 12.9. The molecule has 0 unspecified atom stereocenters. The van der Waals surface area contributed by atoms with Gasteiger partial charge in [-0.2, -0.15) is 0 Å². The Kier molecular flexibility index (Phi) is 4.10. The molecule has 158 valence electrons. The first-order valence-corrected chi connectivity index (χ1v) is 10.2. The van der Waals surface area contributed by atoms with Gasteiger partial charge in [0.05, 0.1) is 5.56 Å². The number of fused-ring (bicyclic) bond motifs is 3. The van der Waals surface area contributed by atoms with Crippen LogP contribution in [0.2, 0.25) is 0 Å². The Balaban J connectivity index is 1.32. The van der Waals surface area contributed by atoms with Crippen LogP contribution in [0.3, 0.4) is 0 Å². The van der Waals surface area contributed by atoms with Gasteiger partial charge in [-0.1, -0.05) is 29.1 Å². The van der Waals surface area contributed by atoms with Crippen molar-refractivity contribution in [3.8, 4) is 11.5 Å². The predicted octanol–water partition coefficient (Wildman–Crippen LogP) is 3.74. The van der Waals surface area contributed by atoms with Crippen LogP contribution in [0.25, 0.3) is 21.9 Å². The molecular weight excluding hydrogens is 408 g/mol. The maximum Gasteiger partial charge on any atom is 0.365 e. The van der Waals surface area contributed by atoms with Crippen LogP contribution >= 0.6 is 0 Å². The molecule has 0 saturated carbocycles. The Hall–Kier alpha value is -4.33. The minimum Gasteiger partial charge on any atom is -0.454 e. The SMILES string of the molecule is Cc1cn(Cc2ccc3c(c2)OCO3)c2cc(C(=O)On3nnc4ccccc43)ccc12. The average Bonchev–Trinajstić information content (AvgIpc) is 3.52. The van der Waals surface area contributed by atoms with E-state index in [4.69, 9.17) is 14.3 Å². The van der Waals surface area contributed by atoms with Crippen molar-refractivity contribution in [3.63, 3.8) is 0 Å². The molecule has 32 heavy (non-hydrogen) atoms. The molecule has 3 heterocycles. The number of benzene rings is 3. The molecule has 6 rings (SSSR count). The molecule has 8 heteroatoms. The van der Waals surface area contributed by atoms with Crippen molar-refractivity contribution < 1.29 is 19.1 Å². The Morgan fingerprint density at radius 1 is 1.03 bits per heavy atom. The Bertz CT molecular complexity index is 1500. The lowest BCUT2D eigenvalue weighted by atomic mass is 10.1. The Morgan fingerprint density at radius 3 is 2.84 bits per heavy atom. The van der Waals surface area contributed by atoms with Crippen molar-refractivity contribution in [3.05, 3.63) is 83.6 Å². The van der Waals surface area contributed by atoms with E-state index < -0.39 is 5.97 Å². The summed E-state index contributed by atoms with van der Waals surface area (Å²) in [4.78, 5) is 19.5. The van der Waals surface area contributed by atoms with E-state index in [-0.39, 0.29) is 6.79 Å². The lowest BCUT2D eigenvalue weighted by Gasteiger charge is -2.08. The highest BCUT2D eigenvalue weighted by Crippen LogP contribution is 2.33. The van der Waals surface area contributed by atoms with E-state index in [1.165, 1.54) is 0 Å². The first-order chi connectivity index (χ1) is 15.7. The summed E-state index contributed by atoms with van der Waals surface area (Å²) in [6.45, 7) is 2.93. The van der Waals surface area contributed by atoms with Crippen molar-refractivity contribution in [2.45, 2.75) is 13.5 Å². The highest BCUT2D eigenvalue weighted by molar-refractivity contribution is 5.96. The second-order valence-corrected chi connectivity index (χ2v) is 7.69. The second kappa shape index (κ2) is 7.12. The number of nitrogens with zero attached hydrogens (tertiary/aromatic N) is 4. The fourth-order valence-corrected chi connectivity index (χ4v) is 4.02. The highest BCUT2D eigenvalue weighted by atomic mass is 16.7. The number of aryl methyl sites for hydroxylation is 1. The molecule has 3 aromatic carbocycles. The molecule has 5 aromatic rings. The van der Waals surface area contributed by atoms with Crippen LogP contribution in [0, 0.1) is 6.92 Å². The van der Waals surface area contributed by atoms with E-state index in [1.54, 1.807) is 12.1 Å². The van der Waals surface area contributed by atoms with Crippen LogP contribution in [0.4, 0.5) is 0 Å². The predicted molar refractivity (Wildman–Crippen MR) is 117 cm³/mol. The molecule has 1 aliphatic rings. The largest absolute Gasteiger partial charge is 0.454 e. The zero-order chi connectivity index (χ0) is 21.7. The third kappa shape index (κ3) is 3.04. The topological polar surface area (TPSA) is 80.4 Å². The van der Waals surface area contributed by atoms with Gasteiger partial charge in [0.15, 0.2) is 11.5 Å². The molecule has 0 radical (unpaired) electrons. The van der Waals surface area contributed by atoms with Crippen molar-refractivity contribution >= 4 is 27.9 Å². The number of aromatic nitrogens is 4. The number of carbonyl (C=O) groups is 1. The molecule has 8 nitrogen and oxygen atoms in total. The lowest BCUT2D eigenvalue weighted by molar-refractivity contribution is 0.0409. The van der Waals surface area contributed by atoms with E-state index in [0.29, 0.717) is 23.1 Å². The van der Waals surface area contributed by atoms with Crippen LogP contribution in [0.15, 0.2) is 66.9 Å². The molecule has 0 fully saturated rings. The summed E-state index contributed by atoms with van der Waals surface area (Å²) in [7, 11) is 0. The van der Waals surface area contributed by atoms with Crippen molar-refractivity contribution in [1.82, 2.24) is 19.7 Å². The number of ether oxygens (including phenoxy) is 2. The van der Waals surface area contributed by atoms with Gasteiger partial charge >= 0.3 is 5.97 Å². The van der Waals surface area contributed by atoms with Crippen LogP contribution in [-0.4, -0.2) is 32.5 Å². The van der Waals surface area contributed by atoms with Crippen molar-refractivity contribution in [2.24, 2.45) is 0 Å². The normalized spacial score (nSPS) is 12.5. The van der Waals surface area contributed by atoms with Gasteiger partial charge in [0, 0.05) is 23.6 Å². The average molecular weight is 426 g/mol. The van der Waals surface area contributed by atoms with Crippen molar-refractivity contribution in [1.29, 1.82) is 0 Å². The fourth-order valence-electron chi connectivity index (χ4n) is 4.02. The quantitative estimate of drug-likeness (QED) is 0.407. The molecule has 0 aliphatic carbocycles. The van der Waals surface area contributed by atoms with E-state index >= 15 is 0 Å². The molecule has 0 saturated heterocycles. The highest BCUT2D eigenvalue weighted by Gasteiger charge is 2.17. The van der Waals surface area contributed by atoms with E-state index in [0.717, 1.165) is 38.4 Å². The van der Waals surface area contributed by atoms with Crippen LogP contribution in [0.5, 0.6) is 11.5 Å². The van der Waals surface area contributed by atoms with Gasteiger partial charge in [0.1, 0.15) is 11.0 Å². The summed E-state index contributed by atoms with van der Waals surface area (Å²) in [6.07, 6.45) is 2.08. The molecule has 2 aromatic heterocycles. The third-order valence-electron chi connectivity index (χ3n) is 5.60. The van der Waals surface area contributed by atoms with Gasteiger partial charge < -0.3 is 18.9 Å². The lowest BCUT2D eigenvalue weighted by Crippen LogP contribution is -2.21. The standard InChI is InChI=1S/C24H18N4O4/c1-15-12-27(13-16-6-9-22-23(10-16)31-14-30-22)21-11-17(7-8-18(15)21)24(29)32-28-20-5-3-2-4-19(20)25-26-28/h2-12H,13-14H2,1H3. The van der Waals surface area contributed by atoms with Gasteiger partial charge in [0.25, 0.3) is 0 Å². The summed E-state index contributed by atoms with van der Waals surface area (Å²) >= 11 is 0. The maximum atomic E-state index is 12.9. The van der Waals surface area contributed by atoms with Crippen molar-refractivity contribution in [2.75, 3.05) is 6.79 Å². The minimum absolute atomic E-state index is 0.247. The Labute approximate surface area is 182 Å². The van der Waals surface area contributed by atoms with Gasteiger partial charge in [0.2, 0.25) is 6.79 Å². The summed E-state index contributed by atoms with van der Waals surface area (Å²) in [5.41, 5.74) is 4.87. The molecule has 0 N–H and O–H groups in total. The molecule has 0 bridgehead atoms. The molecule has 0 atom stereocenters. The van der Waals surface area contributed by atoms with Gasteiger partial charge in [-0.05, 0) is 59.7 Å². The summed E-state index contributed by atoms with van der Waals surface area (Å²) in [5, 5.41) is 9.02. The first-order valence-electron chi connectivity index (χ1n) is 10.2. The number of carbonyl (C=O) groups excluding carboxylic acids is 1. The molecule has 0 amide bonds. The smallest absolute Gasteiger partial charge is 0.365 e. The molecule has 0 spiro atoms. The summed E-state index contributed by atoms with van der Waals surface area (Å²) in [6, 6.07) is 18.8. The zero-order valence-corrected chi connectivity index (χ0v) is 17.2. The zero-order valence-electron chi connectivity index (χ0n) is 17.2. The summed E-state index contributed by atoms with van der Waals surface area (Å²) < 4.78 is 13.0. The van der Waals surface area contributed by atoms with Gasteiger partial charge in [-0.15, -0.1) is 5.10 Å². The first kappa shape index (κ1) is 18.4. The Morgan fingerprint density at radius 2 is 1.91 bits per heavy atom. The second-order valence-electron chi connectivity index (χ2n) is 7.69. The third-order valence-corrected chi connectivity index (χ3v) is 5.60. The summed E-state index contributed by atoms with van der Waals surface area (Å²) in [5.74, 6) is 1.00. The fraction of sp³-hybridized carbons (Fsp3) is 0.125. The van der Waals surface area contributed by atoms with E-state index in [9.17, 15) is 4.79 Å².